The molecule has 2 aromatic carbocycles. The largest absolute Gasteiger partial charge is 0.390 e. The van der Waals surface area contributed by atoms with E-state index in [0.29, 0.717) is 23.6 Å². The van der Waals surface area contributed by atoms with Crippen LogP contribution in [-0.4, -0.2) is 88.4 Å². The lowest BCUT2D eigenvalue weighted by Gasteiger charge is -2.34. The lowest BCUT2D eigenvalue weighted by atomic mass is 10.0. The Morgan fingerprint density at radius 1 is 1.08 bits per heavy atom. The quantitative estimate of drug-likeness (QED) is 0.148. The molecule has 1 heterocycles. The molecule has 6 rings (SSSR count). The van der Waals surface area contributed by atoms with Crippen molar-refractivity contribution in [3.05, 3.63) is 72.3 Å². The lowest BCUT2D eigenvalue weighted by molar-refractivity contribution is -0.187. The molecule has 13 nitrogen and oxygen atoms in total. The van der Waals surface area contributed by atoms with Crippen molar-refractivity contribution < 1.29 is 37.6 Å². The molecule has 1 aliphatic heterocycles. The van der Waals surface area contributed by atoms with Crippen molar-refractivity contribution in [3.8, 4) is 11.1 Å². The fraction of sp³-hybridized carbons (Fsp3) is 0.457. The number of amides is 4. The van der Waals surface area contributed by atoms with Crippen LogP contribution >= 0.6 is 0 Å². The molecule has 3 N–H and O–H groups in total. The number of hydrogen-bond acceptors (Lipinski definition) is 9. The molecule has 3 fully saturated rings. The highest BCUT2D eigenvalue weighted by molar-refractivity contribution is 7.91. The smallest absolute Gasteiger partial charge is 0.259 e. The Morgan fingerprint density at radius 2 is 1.67 bits per heavy atom. The van der Waals surface area contributed by atoms with Gasteiger partial charge in [-0.25, -0.2) is 13.5 Å². The van der Waals surface area contributed by atoms with Crippen LogP contribution in [0.5, 0.6) is 0 Å². The second kappa shape index (κ2) is 13.0. The van der Waals surface area contributed by atoms with Gasteiger partial charge in [-0.1, -0.05) is 80.5 Å². The van der Waals surface area contributed by atoms with E-state index in [-0.39, 0.29) is 25.8 Å². The summed E-state index contributed by atoms with van der Waals surface area (Å²) in [6.45, 7) is 8.54. The summed E-state index contributed by atoms with van der Waals surface area (Å²) >= 11 is 0. The number of benzene rings is 2. The minimum Gasteiger partial charge on any atom is -0.390 e. The molecule has 0 aromatic heterocycles. The molecule has 1 saturated heterocycles. The Labute approximate surface area is 285 Å². The molecule has 3 aliphatic carbocycles. The number of rotatable bonds is 12. The number of carbonyl (C=O) groups excluding carboxylic acids is 4. The van der Waals surface area contributed by atoms with Crippen molar-refractivity contribution in [2.45, 2.75) is 81.9 Å². The molecule has 14 heteroatoms. The average molecular weight is 692 g/mol. The topological polar surface area (TPSA) is 175 Å². The van der Waals surface area contributed by atoms with Gasteiger partial charge in [-0.15, -0.1) is 6.58 Å². The summed E-state index contributed by atoms with van der Waals surface area (Å²) in [5, 5.41) is 17.8. The number of sulfonamides is 1. The van der Waals surface area contributed by atoms with E-state index in [1.165, 1.54) is 11.0 Å². The molecular formula is C35H41N5O8S. The minimum atomic E-state index is -3.90. The van der Waals surface area contributed by atoms with E-state index in [2.05, 4.69) is 21.8 Å². The summed E-state index contributed by atoms with van der Waals surface area (Å²) in [6, 6.07) is 13.0. The van der Waals surface area contributed by atoms with Crippen molar-refractivity contribution in [1.82, 2.24) is 20.0 Å². The maximum absolute atomic E-state index is 14.1. The summed E-state index contributed by atoms with van der Waals surface area (Å²) in [4.78, 5) is 61.4. The number of hydrogen-bond donors (Lipinski definition) is 3. The average Bonchev–Trinajstić information content (AvgIpc) is 3.99. The third-order valence-electron chi connectivity index (χ3n) is 9.75. The van der Waals surface area contributed by atoms with Crippen molar-refractivity contribution >= 4 is 39.4 Å². The van der Waals surface area contributed by atoms with E-state index in [4.69, 9.17) is 4.84 Å². The molecule has 49 heavy (non-hydrogen) atoms. The van der Waals surface area contributed by atoms with Crippen molar-refractivity contribution in [1.29, 1.82) is 0 Å². The molecule has 0 unspecified atom stereocenters. The monoisotopic (exact) mass is 691 g/mol. The van der Waals surface area contributed by atoms with Gasteiger partial charge in [0.2, 0.25) is 27.7 Å². The molecule has 0 bridgehead atoms. The van der Waals surface area contributed by atoms with Crippen molar-refractivity contribution in [2.75, 3.05) is 6.54 Å². The van der Waals surface area contributed by atoms with Gasteiger partial charge in [0.1, 0.15) is 29.4 Å². The fourth-order valence-electron chi connectivity index (χ4n) is 6.76. The van der Waals surface area contributed by atoms with Crippen LogP contribution < -0.4 is 10.0 Å². The number of nitrogens with zero attached hydrogens (tertiary/aromatic N) is 3. The molecule has 260 valence electrons. The maximum Gasteiger partial charge on any atom is 0.259 e. The van der Waals surface area contributed by atoms with Crippen LogP contribution in [0.15, 0.2) is 66.3 Å². The first-order valence-electron chi connectivity index (χ1n) is 16.6. The van der Waals surface area contributed by atoms with Gasteiger partial charge in [0, 0.05) is 29.9 Å². The van der Waals surface area contributed by atoms with Gasteiger partial charge in [0.15, 0.2) is 0 Å². The number of hydroxylamine groups is 2. The van der Waals surface area contributed by atoms with Crippen molar-refractivity contribution in [2.24, 2.45) is 17.0 Å². The van der Waals surface area contributed by atoms with Crippen LogP contribution in [0, 0.1) is 11.8 Å². The van der Waals surface area contributed by atoms with Crippen molar-refractivity contribution in [3.63, 3.8) is 0 Å². The molecule has 0 radical (unpaired) electrons. The molecule has 0 spiro atoms. The molecule has 5 atom stereocenters. The van der Waals surface area contributed by atoms with Gasteiger partial charge < -0.3 is 15.1 Å². The Bertz CT molecular complexity index is 1790. The number of nitrogens with one attached hydrogen (secondary N) is 2. The Kier molecular flexibility index (Phi) is 9.14. The number of carbonyl (C=O) groups is 4. The minimum absolute atomic E-state index is 0.0214. The van der Waals surface area contributed by atoms with E-state index >= 15 is 0 Å². The Morgan fingerprint density at radius 3 is 2.18 bits per heavy atom. The number of likely N-dealkylation sites (tertiary alicyclic amines) is 1. The zero-order valence-corrected chi connectivity index (χ0v) is 28.5. The summed E-state index contributed by atoms with van der Waals surface area (Å²) in [6.07, 6.45) is 1.67. The third kappa shape index (κ3) is 6.34. The highest BCUT2D eigenvalue weighted by atomic mass is 32.2. The van der Waals surface area contributed by atoms with Crippen LogP contribution in [0.4, 0.5) is 0 Å². The second-order valence-corrected chi connectivity index (χ2v) is 15.4. The van der Waals surface area contributed by atoms with E-state index in [0.717, 1.165) is 22.3 Å². The number of fused-ring (bicyclic) bond motifs is 3. The first kappa shape index (κ1) is 34.3. The van der Waals surface area contributed by atoms with Gasteiger partial charge >= 0.3 is 0 Å². The summed E-state index contributed by atoms with van der Waals surface area (Å²) in [5.41, 5.74) is 2.78. The van der Waals surface area contributed by atoms with Crippen LogP contribution in [-0.2, 0) is 34.0 Å². The van der Waals surface area contributed by atoms with Crippen LogP contribution in [0.25, 0.3) is 11.1 Å². The first-order chi connectivity index (χ1) is 23.3. The van der Waals surface area contributed by atoms with E-state index in [9.17, 15) is 32.8 Å². The Balaban J connectivity index is 1.28. The predicted molar refractivity (Wildman–Crippen MR) is 179 cm³/mol. The molecule has 4 amide bonds. The summed E-state index contributed by atoms with van der Waals surface area (Å²) in [5.74, 6) is -3.97. The SMILES string of the molecule is C=C[C@@H]1C[C@@]1(NC(=O)[C@@H]1C[C@@H](ON=C2c3ccccc3-c3ccccc32)CN1C(=O)[C@@H](C(C)C)N(O)C(=O)CC)C(=O)NS(=O)(=O)C1CC1. The molecule has 4 aliphatic rings. The zero-order valence-electron chi connectivity index (χ0n) is 27.7. The molecule has 2 saturated carbocycles. The third-order valence-corrected chi connectivity index (χ3v) is 11.6. The van der Waals surface area contributed by atoms with Crippen LogP contribution in [0.3, 0.4) is 0 Å². The highest BCUT2D eigenvalue weighted by Crippen LogP contribution is 2.45. The first-order valence-corrected chi connectivity index (χ1v) is 18.1. The van der Waals surface area contributed by atoms with Gasteiger partial charge in [0.05, 0.1) is 11.8 Å². The van der Waals surface area contributed by atoms with E-state index < -0.39 is 74.5 Å². The standard InChI is InChI=1S/C35H41N5O8S/c1-5-21-18-35(21,34(44)38-49(46,47)23-15-16-23)36-32(42)28-17-22(19-39(28)33(43)31(20(3)4)40(45)29(41)6-2)48-37-30-26-13-9-7-11-24(26)25-12-8-10-14-27(25)30/h5,7-14,20-23,28,31,45H,1,6,15-19H2,2-4H3,(H,36,42)(H,38,44)/t21-,22-,28+,31-,35+/m1/s1. The molecular weight excluding hydrogens is 650 g/mol. The Hall–Kier alpha value is -4.56. The fourth-order valence-corrected chi connectivity index (χ4v) is 8.13. The highest BCUT2D eigenvalue weighted by Gasteiger charge is 2.62. The van der Waals surface area contributed by atoms with Gasteiger partial charge in [-0.05, 0) is 36.3 Å². The second-order valence-electron chi connectivity index (χ2n) is 13.5. The number of oxime groups is 1. The maximum atomic E-state index is 14.1. The van der Waals surface area contributed by atoms with Crippen LogP contribution in [0.1, 0.15) is 64.0 Å². The van der Waals surface area contributed by atoms with E-state index in [1.807, 2.05) is 48.5 Å². The zero-order chi connectivity index (χ0) is 35.2. The lowest BCUT2D eigenvalue weighted by Crippen LogP contribution is -2.59. The van der Waals surface area contributed by atoms with E-state index in [1.54, 1.807) is 20.8 Å². The van der Waals surface area contributed by atoms with Gasteiger partial charge in [-0.3, -0.25) is 29.1 Å². The predicted octanol–water partition coefficient (Wildman–Crippen LogP) is 2.73. The summed E-state index contributed by atoms with van der Waals surface area (Å²) in [7, 11) is -3.90. The normalized spacial score (nSPS) is 24.4. The van der Waals surface area contributed by atoms with Crippen LogP contribution in [0.2, 0.25) is 0 Å². The molecule has 2 aromatic rings. The van der Waals surface area contributed by atoms with Gasteiger partial charge in [-0.2, -0.15) is 0 Å². The van der Waals surface area contributed by atoms with Gasteiger partial charge in [0.25, 0.3) is 5.91 Å². The summed E-state index contributed by atoms with van der Waals surface area (Å²) < 4.78 is 27.3.